The molecular formula is C28H39N7O2. The van der Waals surface area contributed by atoms with Crippen molar-refractivity contribution in [1.29, 1.82) is 5.26 Å². The van der Waals surface area contributed by atoms with E-state index >= 15 is 0 Å². The van der Waals surface area contributed by atoms with Crippen LogP contribution in [-0.2, 0) is 4.74 Å². The maximum atomic E-state index is 10.4. The molecule has 3 aliphatic rings. The summed E-state index contributed by atoms with van der Waals surface area (Å²) in [4.78, 5) is 6.90. The van der Waals surface area contributed by atoms with Crippen molar-refractivity contribution in [2.75, 3.05) is 18.0 Å². The number of nitrogens with zero attached hydrogens (tertiary/aromatic N) is 5. The number of rotatable bonds is 6. The monoisotopic (exact) mass is 505 g/mol. The van der Waals surface area contributed by atoms with Crippen molar-refractivity contribution in [3.05, 3.63) is 46.4 Å². The Labute approximate surface area is 219 Å². The van der Waals surface area contributed by atoms with Gasteiger partial charge in [0.15, 0.2) is 0 Å². The fraction of sp³-hybridized carbons (Fsp3) is 0.643. The molecule has 37 heavy (non-hydrogen) atoms. The van der Waals surface area contributed by atoms with Crippen LogP contribution in [0.1, 0.15) is 86.5 Å². The van der Waals surface area contributed by atoms with Crippen LogP contribution in [0.3, 0.4) is 0 Å². The number of hydrogen-bond acceptors (Lipinski definition) is 9. The van der Waals surface area contributed by atoms with Gasteiger partial charge in [-0.15, -0.1) is 0 Å². The van der Waals surface area contributed by atoms with Gasteiger partial charge in [-0.2, -0.15) is 15.5 Å². The third kappa shape index (κ3) is 5.21. The third-order valence-corrected chi connectivity index (χ3v) is 8.63. The largest absolute Gasteiger partial charge is 0.390 e. The fourth-order valence-corrected chi connectivity index (χ4v) is 6.56. The minimum absolute atomic E-state index is 0.0443. The van der Waals surface area contributed by atoms with Crippen LogP contribution in [0.5, 0.6) is 0 Å². The molecule has 2 aromatic heterocycles. The van der Waals surface area contributed by atoms with E-state index in [4.69, 9.17) is 9.72 Å². The molecule has 1 saturated carbocycles. The van der Waals surface area contributed by atoms with E-state index in [1.807, 2.05) is 33.0 Å². The molecule has 5 rings (SSSR count). The number of hydrazine groups is 1. The Morgan fingerprint density at radius 2 is 2.03 bits per heavy atom. The maximum Gasteiger partial charge on any atom is 0.146 e. The summed E-state index contributed by atoms with van der Waals surface area (Å²) in [5.41, 5.74) is 11.0. The van der Waals surface area contributed by atoms with Gasteiger partial charge in [0, 0.05) is 36.8 Å². The summed E-state index contributed by atoms with van der Waals surface area (Å²) in [7, 11) is 0. The molecule has 3 fully saturated rings. The zero-order valence-electron chi connectivity index (χ0n) is 22.5. The van der Waals surface area contributed by atoms with Gasteiger partial charge in [0.2, 0.25) is 0 Å². The van der Waals surface area contributed by atoms with E-state index in [0.717, 1.165) is 60.4 Å². The molecule has 6 atom stereocenters. The minimum Gasteiger partial charge on any atom is -0.390 e. The summed E-state index contributed by atoms with van der Waals surface area (Å²) in [6.45, 7) is 11.4. The highest BCUT2D eigenvalue weighted by atomic mass is 16.5. The van der Waals surface area contributed by atoms with Crippen LogP contribution >= 0.6 is 0 Å². The molecule has 2 aromatic rings. The predicted molar refractivity (Wildman–Crippen MR) is 141 cm³/mol. The van der Waals surface area contributed by atoms with Gasteiger partial charge in [0.1, 0.15) is 11.9 Å². The standard InChI is InChI=1S/C28H39N7O2/c1-16-13-31-32-17(2)25(16)18(3)37-22-6-7-24-23(11-22)26(34-33-24)20-10-19(12-29)27(30-14-20)35-9-8-21(15-35)28(4,5)36/h10,13-14,18,21-24,26,33-34,36H,6-9,11,15H2,1-5H3/t18-,21-,22?,23?,24?,26?/m1/s1. The number of aliphatic hydroxyl groups is 1. The van der Waals surface area contributed by atoms with Gasteiger partial charge in [0.05, 0.1) is 41.3 Å². The van der Waals surface area contributed by atoms with E-state index in [-0.39, 0.29) is 24.2 Å². The van der Waals surface area contributed by atoms with Crippen LogP contribution in [0.2, 0.25) is 0 Å². The summed E-state index contributed by atoms with van der Waals surface area (Å²) in [6.07, 6.45) is 7.68. The van der Waals surface area contributed by atoms with Crippen molar-refractivity contribution in [2.45, 2.75) is 90.2 Å². The second-order valence-corrected chi connectivity index (χ2v) is 11.6. The van der Waals surface area contributed by atoms with E-state index in [0.29, 0.717) is 24.1 Å². The molecule has 2 saturated heterocycles. The molecule has 0 spiro atoms. The molecule has 2 aliphatic heterocycles. The average Bonchev–Trinajstić information content (AvgIpc) is 3.51. The Morgan fingerprint density at radius 1 is 1.22 bits per heavy atom. The maximum absolute atomic E-state index is 10.4. The highest BCUT2D eigenvalue weighted by Gasteiger charge is 2.42. The Morgan fingerprint density at radius 3 is 2.73 bits per heavy atom. The number of anilines is 1. The van der Waals surface area contributed by atoms with E-state index in [1.54, 1.807) is 6.20 Å². The molecule has 9 heteroatoms. The first-order valence-electron chi connectivity index (χ1n) is 13.5. The highest BCUT2D eigenvalue weighted by molar-refractivity contribution is 5.56. The van der Waals surface area contributed by atoms with Crippen molar-refractivity contribution in [3.8, 4) is 6.07 Å². The normalized spacial score (nSPS) is 28.7. The molecule has 0 aromatic carbocycles. The quantitative estimate of drug-likeness (QED) is 0.542. The summed E-state index contributed by atoms with van der Waals surface area (Å²) >= 11 is 0. The number of hydrogen-bond donors (Lipinski definition) is 3. The lowest BCUT2D eigenvalue weighted by atomic mass is 9.78. The van der Waals surface area contributed by atoms with Crippen molar-refractivity contribution >= 4 is 5.82 Å². The van der Waals surface area contributed by atoms with Crippen molar-refractivity contribution < 1.29 is 9.84 Å². The van der Waals surface area contributed by atoms with Gasteiger partial charge >= 0.3 is 0 Å². The van der Waals surface area contributed by atoms with E-state index < -0.39 is 5.60 Å². The van der Waals surface area contributed by atoms with Crippen LogP contribution in [0, 0.1) is 37.0 Å². The SMILES string of the molecule is Cc1cnnc(C)c1[C@@H](C)OC1CCC2NNC(c3cnc(N4CC[C@@H](C(C)(C)O)C4)c(C#N)c3)C2C1. The Balaban J connectivity index is 1.30. The topological polar surface area (TPSA) is 119 Å². The Hall–Kier alpha value is -2.64. The second kappa shape index (κ2) is 10.3. The van der Waals surface area contributed by atoms with Crippen LogP contribution in [-0.4, -0.2) is 51.1 Å². The first-order valence-corrected chi connectivity index (χ1v) is 13.5. The highest BCUT2D eigenvalue weighted by Crippen LogP contribution is 2.41. The summed E-state index contributed by atoms with van der Waals surface area (Å²) < 4.78 is 6.58. The lowest BCUT2D eigenvalue weighted by Crippen LogP contribution is -2.37. The van der Waals surface area contributed by atoms with Crippen molar-refractivity contribution in [3.63, 3.8) is 0 Å². The summed E-state index contributed by atoms with van der Waals surface area (Å²) in [6, 6.07) is 4.79. The molecule has 0 amide bonds. The molecule has 0 bridgehead atoms. The zero-order chi connectivity index (χ0) is 26.3. The molecule has 4 heterocycles. The fourth-order valence-electron chi connectivity index (χ4n) is 6.56. The Kier molecular flexibility index (Phi) is 7.20. The second-order valence-electron chi connectivity index (χ2n) is 11.6. The summed E-state index contributed by atoms with van der Waals surface area (Å²) in [5.74, 6) is 1.23. The number of pyridine rings is 1. The number of aromatic nitrogens is 3. The number of aryl methyl sites for hydroxylation is 2. The molecule has 9 nitrogen and oxygen atoms in total. The first kappa shape index (κ1) is 26.0. The van der Waals surface area contributed by atoms with Crippen LogP contribution in [0.25, 0.3) is 0 Å². The molecule has 3 N–H and O–H groups in total. The van der Waals surface area contributed by atoms with E-state index in [2.05, 4.69) is 45.9 Å². The minimum atomic E-state index is -0.738. The molecule has 198 valence electrons. The zero-order valence-corrected chi connectivity index (χ0v) is 22.5. The number of nitrogens with one attached hydrogen (secondary N) is 2. The van der Waals surface area contributed by atoms with E-state index in [9.17, 15) is 10.4 Å². The van der Waals surface area contributed by atoms with Gasteiger partial charge in [-0.3, -0.25) is 5.43 Å². The number of nitriles is 1. The van der Waals surface area contributed by atoms with Gasteiger partial charge in [0.25, 0.3) is 0 Å². The van der Waals surface area contributed by atoms with Crippen molar-refractivity contribution in [1.82, 2.24) is 26.0 Å². The van der Waals surface area contributed by atoms with Crippen LogP contribution in [0.15, 0.2) is 18.5 Å². The van der Waals surface area contributed by atoms with E-state index in [1.165, 1.54) is 0 Å². The number of fused-ring (bicyclic) bond motifs is 1. The molecule has 1 aliphatic carbocycles. The van der Waals surface area contributed by atoms with Gasteiger partial charge in [-0.05, 0) is 83.4 Å². The lowest BCUT2D eigenvalue weighted by Gasteiger charge is -2.35. The number of ether oxygens (including phenoxy) is 1. The van der Waals surface area contributed by atoms with Crippen LogP contribution < -0.4 is 15.8 Å². The Bertz CT molecular complexity index is 1150. The lowest BCUT2D eigenvalue weighted by molar-refractivity contribution is -0.0377. The van der Waals surface area contributed by atoms with Crippen molar-refractivity contribution in [2.24, 2.45) is 11.8 Å². The predicted octanol–water partition coefficient (Wildman–Crippen LogP) is 3.42. The molecule has 0 radical (unpaired) electrons. The average molecular weight is 506 g/mol. The van der Waals surface area contributed by atoms with Gasteiger partial charge in [-0.1, -0.05) is 0 Å². The molecular weight excluding hydrogens is 466 g/mol. The van der Waals surface area contributed by atoms with Gasteiger partial charge in [-0.25, -0.2) is 10.4 Å². The third-order valence-electron chi connectivity index (χ3n) is 8.63. The molecule has 4 unspecified atom stereocenters. The van der Waals surface area contributed by atoms with Crippen LogP contribution in [0.4, 0.5) is 5.82 Å². The van der Waals surface area contributed by atoms with Gasteiger partial charge < -0.3 is 14.7 Å². The smallest absolute Gasteiger partial charge is 0.146 e. The first-order chi connectivity index (χ1) is 17.7. The summed E-state index contributed by atoms with van der Waals surface area (Å²) in [5, 5.41) is 28.7.